The third-order valence-electron chi connectivity index (χ3n) is 14.8. The van der Waals surface area contributed by atoms with E-state index < -0.39 is 0 Å². The first-order chi connectivity index (χ1) is 44.3. The molecule has 0 unspecified atom stereocenters. The molecule has 10 aromatic rings. The highest BCUT2D eigenvalue weighted by atomic mass is 35.5. The third-order valence-corrected chi connectivity index (χ3v) is 15.8. The lowest BCUT2D eigenvalue weighted by molar-refractivity contribution is 0.0680. The van der Waals surface area contributed by atoms with Gasteiger partial charge in [0, 0.05) is 112 Å². The molecule has 0 radical (unpaired) electrons. The number of anilines is 3. The van der Waals surface area contributed by atoms with E-state index in [1.54, 1.807) is 122 Å². The molecule has 3 aromatic heterocycles. The van der Waals surface area contributed by atoms with Crippen molar-refractivity contribution in [1.82, 2.24) is 24.8 Å². The van der Waals surface area contributed by atoms with Gasteiger partial charge < -0.3 is 36.2 Å². The number of aromatic nitrogens is 3. The zero-order chi connectivity index (χ0) is 63.5. The molecule has 456 valence electrons. The summed E-state index contributed by atoms with van der Waals surface area (Å²) in [5.41, 5.74) is 17.2. The molecule has 7 N–H and O–H groups in total. The number of nitrogens with zero attached hydrogens (tertiary/aromatic N) is 6. The SMILES string of the molecule is N=C(c1ccc(C(=O)Nc2ccc(Cl)c(-c3ccccn3)c2)cc1)N1CCCCC1.N=C(c1ccc(C(=O)Nc2ccc(Cl)c(-c3ccccn3)c2)cc1)N1CCOCC1.NC(=Nc1ccccc1)c1ccc(C(=O)Nc2ccc(Cl)c(-c3ccccn3)c2)cc1. The summed E-state index contributed by atoms with van der Waals surface area (Å²) in [6.07, 6.45) is 8.60. The number of nitrogens with two attached hydrogens (primary N) is 1. The first-order valence-corrected chi connectivity index (χ1v) is 30.5. The van der Waals surface area contributed by atoms with Crippen LogP contribution in [0.1, 0.15) is 67.0 Å². The van der Waals surface area contributed by atoms with E-state index in [0.29, 0.717) is 92.6 Å². The maximum Gasteiger partial charge on any atom is 0.255 e. The van der Waals surface area contributed by atoms with Crippen molar-refractivity contribution in [2.75, 3.05) is 55.3 Å². The number of hydrogen-bond donors (Lipinski definition) is 6. The van der Waals surface area contributed by atoms with Crippen molar-refractivity contribution in [3.05, 3.63) is 279 Å². The molecule has 19 heteroatoms. The second-order valence-electron chi connectivity index (χ2n) is 21.0. The minimum atomic E-state index is -0.237. The van der Waals surface area contributed by atoms with Gasteiger partial charge in [-0.2, -0.15) is 0 Å². The molecule has 0 aliphatic carbocycles. The lowest BCUT2D eigenvalue weighted by Crippen LogP contribution is -2.40. The smallest absolute Gasteiger partial charge is 0.255 e. The van der Waals surface area contributed by atoms with Gasteiger partial charge in [0.1, 0.15) is 17.5 Å². The number of ether oxygens (including phenoxy) is 1. The van der Waals surface area contributed by atoms with E-state index in [2.05, 4.69) is 40.8 Å². The Bertz CT molecular complexity index is 4000. The number of piperidine rings is 1. The highest BCUT2D eigenvalue weighted by Gasteiger charge is 2.19. The molecular formula is C72H63Cl3N12O4. The molecule has 0 spiro atoms. The number of benzene rings is 7. The number of aliphatic imine (C=N–C) groups is 1. The van der Waals surface area contributed by atoms with E-state index in [4.69, 9.17) is 56.1 Å². The monoisotopic (exact) mass is 1260 g/mol. The number of hydrogen-bond acceptors (Lipinski definition) is 10. The summed E-state index contributed by atoms with van der Waals surface area (Å²) in [4.78, 5) is 59.5. The highest BCUT2D eigenvalue weighted by Crippen LogP contribution is 2.32. The summed E-state index contributed by atoms with van der Waals surface area (Å²) in [5.74, 6) is 0.687. The Balaban J connectivity index is 0.000000150. The minimum Gasteiger partial charge on any atom is -0.383 e. The Hall–Kier alpha value is -10.4. The number of halogens is 3. The largest absolute Gasteiger partial charge is 0.383 e. The Labute approximate surface area is 542 Å². The van der Waals surface area contributed by atoms with Crippen molar-refractivity contribution in [2.45, 2.75) is 19.3 Å². The van der Waals surface area contributed by atoms with Crippen LogP contribution in [0.4, 0.5) is 22.7 Å². The molecule has 91 heavy (non-hydrogen) atoms. The maximum atomic E-state index is 12.7. The first-order valence-electron chi connectivity index (χ1n) is 29.4. The van der Waals surface area contributed by atoms with Gasteiger partial charge in [0.25, 0.3) is 17.7 Å². The van der Waals surface area contributed by atoms with E-state index in [-0.39, 0.29) is 17.7 Å². The Morgan fingerprint density at radius 1 is 0.418 bits per heavy atom. The van der Waals surface area contributed by atoms with Crippen molar-refractivity contribution in [2.24, 2.45) is 10.7 Å². The average Bonchev–Trinajstić information content (AvgIpc) is 3.13. The van der Waals surface area contributed by atoms with Crippen molar-refractivity contribution in [3.63, 3.8) is 0 Å². The number of nitrogens with one attached hydrogen (secondary N) is 5. The van der Waals surface area contributed by atoms with Crippen LogP contribution in [-0.2, 0) is 4.74 Å². The lowest BCUT2D eigenvalue weighted by Gasteiger charge is -2.29. The molecule has 0 saturated carbocycles. The van der Waals surface area contributed by atoms with Crippen LogP contribution in [0.25, 0.3) is 33.8 Å². The molecule has 12 rings (SSSR count). The standard InChI is InChI=1S/C25H19ClN4O.C24H23ClN4O.C23H21ClN4O2/c26-22-14-13-20(16-21(22)23-8-4-5-15-28-23)30-25(31)18-11-9-17(10-12-18)24(27)29-19-6-2-1-3-7-19;25-21-12-11-19(16-20(21)22-6-2-3-13-27-22)28-24(30)18-9-7-17(8-10-18)23(26)29-14-4-1-5-15-29;24-20-9-8-18(15-19(20)21-3-1-2-10-26-21)27-23(29)17-6-4-16(5-7-17)22(25)28-11-13-30-14-12-28/h1-16H,(H2,27,29)(H,30,31);2-3,6-13,16,26H,1,4-5,14-15H2,(H,28,30);1-10,15,25H,11-14H2,(H,27,29). The van der Waals surface area contributed by atoms with Gasteiger partial charge in [0.05, 0.1) is 51.1 Å². The number of carbonyl (C=O) groups excluding carboxylic acids is 3. The van der Waals surface area contributed by atoms with Crippen LogP contribution in [0, 0.1) is 10.8 Å². The average molecular weight is 1270 g/mol. The van der Waals surface area contributed by atoms with Gasteiger partial charge in [-0.15, -0.1) is 0 Å². The molecule has 2 aliphatic heterocycles. The Morgan fingerprint density at radius 3 is 1.12 bits per heavy atom. The van der Waals surface area contributed by atoms with E-state index in [0.717, 1.165) is 82.1 Å². The van der Waals surface area contributed by atoms with Crippen molar-refractivity contribution >= 4 is 92.8 Å². The van der Waals surface area contributed by atoms with Crippen LogP contribution >= 0.6 is 34.8 Å². The second-order valence-corrected chi connectivity index (χ2v) is 22.2. The number of rotatable bonds is 13. The molecule has 3 amide bonds. The topological polar surface area (TPSA) is 228 Å². The first kappa shape index (κ1) is 63.7. The summed E-state index contributed by atoms with van der Waals surface area (Å²) < 4.78 is 5.33. The molecule has 5 heterocycles. The number of morpholine rings is 1. The number of likely N-dealkylation sites (tertiary alicyclic amines) is 1. The molecule has 2 aliphatic rings. The predicted molar refractivity (Wildman–Crippen MR) is 366 cm³/mol. The zero-order valence-electron chi connectivity index (χ0n) is 49.3. The van der Waals surface area contributed by atoms with Crippen LogP contribution in [0.2, 0.25) is 15.1 Å². The van der Waals surface area contributed by atoms with Gasteiger partial charge in [-0.3, -0.25) is 40.2 Å². The fourth-order valence-corrected chi connectivity index (χ4v) is 10.5. The van der Waals surface area contributed by atoms with Gasteiger partial charge in [-0.25, -0.2) is 4.99 Å². The van der Waals surface area contributed by atoms with Crippen LogP contribution in [0.5, 0.6) is 0 Å². The van der Waals surface area contributed by atoms with Gasteiger partial charge >= 0.3 is 0 Å². The highest BCUT2D eigenvalue weighted by molar-refractivity contribution is 6.34. The molecule has 7 aromatic carbocycles. The molecule has 2 fully saturated rings. The quantitative estimate of drug-likeness (QED) is 0.0473. The normalized spacial score (nSPS) is 12.8. The number of pyridine rings is 3. The summed E-state index contributed by atoms with van der Waals surface area (Å²) in [7, 11) is 0. The molecule has 0 atom stereocenters. The Kier molecular flexibility index (Phi) is 21.8. The van der Waals surface area contributed by atoms with Gasteiger partial charge in [-0.1, -0.05) is 108 Å². The summed E-state index contributed by atoms with van der Waals surface area (Å²) in [6, 6.07) is 63.5. The third kappa shape index (κ3) is 17.3. The molecule has 0 bridgehead atoms. The van der Waals surface area contributed by atoms with Crippen molar-refractivity contribution < 1.29 is 19.1 Å². The summed E-state index contributed by atoms with van der Waals surface area (Å²) >= 11 is 18.9. The van der Waals surface area contributed by atoms with Gasteiger partial charge in [-0.05, 0) is 159 Å². The zero-order valence-corrected chi connectivity index (χ0v) is 51.6. The number of para-hydroxylation sites is 1. The number of carbonyl (C=O) groups is 3. The van der Waals surface area contributed by atoms with Crippen molar-refractivity contribution in [1.29, 1.82) is 10.8 Å². The lowest BCUT2D eigenvalue weighted by atomic mass is 10.1. The molecular weight excluding hydrogens is 1200 g/mol. The van der Waals surface area contributed by atoms with E-state index in [1.165, 1.54) is 6.42 Å². The van der Waals surface area contributed by atoms with E-state index >= 15 is 0 Å². The summed E-state index contributed by atoms with van der Waals surface area (Å²) in [6.45, 7) is 4.52. The van der Waals surface area contributed by atoms with Gasteiger partial charge in [0.15, 0.2) is 0 Å². The van der Waals surface area contributed by atoms with E-state index in [1.807, 2.05) is 114 Å². The molecule has 16 nitrogen and oxygen atoms in total. The summed E-state index contributed by atoms with van der Waals surface area (Å²) in [5, 5.41) is 27.2. The molecule has 2 saturated heterocycles. The predicted octanol–water partition coefficient (Wildman–Crippen LogP) is 15.5. The fourth-order valence-electron chi connectivity index (χ4n) is 9.90. The number of amides is 3. The minimum absolute atomic E-state index is 0.208. The Morgan fingerprint density at radius 2 is 0.758 bits per heavy atom. The maximum absolute atomic E-state index is 12.7. The number of amidine groups is 3. The van der Waals surface area contributed by atoms with Crippen molar-refractivity contribution in [3.8, 4) is 33.8 Å². The van der Waals surface area contributed by atoms with Gasteiger partial charge in [0.2, 0.25) is 0 Å². The van der Waals surface area contributed by atoms with Crippen LogP contribution in [0.15, 0.2) is 236 Å². The van der Waals surface area contributed by atoms with E-state index in [9.17, 15) is 14.4 Å². The van der Waals surface area contributed by atoms with Crippen LogP contribution < -0.4 is 21.7 Å². The van der Waals surface area contributed by atoms with Crippen LogP contribution in [0.3, 0.4) is 0 Å². The second kappa shape index (κ2) is 31.2. The van der Waals surface area contributed by atoms with Crippen LogP contribution in [-0.4, -0.2) is 99.4 Å². The fraction of sp³-hybridized carbons (Fsp3) is 0.125.